The number of rotatable bonds is 3. The monoisotopic (exact) mass is 230 g/mol. The minimum Gasteiger partial charge on any atom is -0.497 e. The normalized spacial score (nSPS) is 23.1. The van der Waals surface area contributed by atoms with Crippen LogP contribution in [-0.2, 0) is 0 Å². The summed E-state index contributed by atoms with van der Waals surface area (Å²) in [4.78, 5) is 0. The van der Waals surface area contributed by atoms with E-state index >= 15 is 0 Å². The first kappa shape index (κ1) is 11.8. The van der Waals surface area contributed by atoms with Crippen LogP contribution >= 0.6 is 0 Å². The summed E-state index contributed by atoms with van der Waals surface area (Å²) in [5.41, 5.74) is 0. The van der Waals surface area contributed by atoms with Crippen molar-refractivity contribution in [3.63, 3.8) is 0 Å². The Kier molecular flexibility index (Phi) is 3.52. The van der Waals surface area contributed by atoms with Crippen molar-refractivity contribution in [3.05, 3.63) is 48.3 Å². The van der Waals surface area contributed by atoms with Gasteiger partial charge in [0.15, 0.2) is 0 Å². The maximum absolute atomic E-state index is 5.81. The molecule has 2 rings (SSSR count). The first-order chi connectivity index (χ1) is 8.19. The summed E-state index contributed by atoms with van der Waals surface area (Å²) in [6, 6.07) is 7.65. The highest BCUT2D eigenvalue weighted by Crippen LogP contribution is 2.26. The lowest BCUT2D eigenvalue weighted by molar-refractivity contribution is 0.398. The second-order valence-corrected chi connectivity index (χ2v) is 4.43. The molecule has 0 saturated carbocycles. The predicted octanol–water partition coefficient (Wildman–Crippen LogP) is 3.80. The summed E-state index contributed by atoms with van der Waals surface area (Å²) in [6.07, 6.45) is 6.37. The summed E-state index contributed by atoms with van der Waals surface area (Å²) < 4.78 is 11.0. The Morgan fingerprint density at radius 1 is 1.06 bits per heavy atom. The minimum absolute atomic E-state index is 0.514. The fourth-order valence-corrected chi connectivity index (χ4v) is 1.76. The maximum atomic E-state index is 5.81. The van der Waals surface area contributed by atoms with Crippen LogP contribution in [0, 0.1) is 11.8 Å². The van der Waals surface area contributed by atoms with Crippen molar-refractivity contribution in [2.45, 2.75) is 13.8 Å². The molecule has 1 aromatic rings. The molecule has 0 heterocycles. The van der Waals surface area contributed by atoms with Gasteiger partial charge in [0.05, 0.1) is 7.11 Å². The van der Waals surface area contributed by atoms with Crippen molar-refractivity contribution in [1.82, 2.24) is 0 Å². The topological polar surface area (TPSA) is 18.5 Å². The number of ether oxygens (including phenoxy) is 2. The molecule has 0 N–H and O–H groups in total. The summed E-state index contributed by atoms with van der Waals surface area (Å²) in [6.45, 7) is 4.41. The van der Waals surface area contributed by atoms with Crippen LogP contribution in [0.4, 0.5) is 0 Å². The summed E-state index contributed by atoms with van der Waals surface area (Å²) >= 11 is 0. The molecule has 0 spiro atoms. The zero-order chi connectivity index (χ0) is 12.3. The van der Waals surface area contributed by atoms with Crippen LogP contribution in [0.3, 0.4) is 0 Å². The van der Waals surface area contributed by atoms with Gasteiger partial charge in [-0.3, -0.25) is 0 Å². The Hall–Kier alpha value is -1.70. The molecule has 0 aliphatic heterocycles. The zero-order valence-electron chi connectivity index (χ0n) is 10.5. The fraction of sp³-hybridized carbons (Fsp3) is 0.333. The molecular weight excluding hydrogens is 212 g/mol. The third-order valence-electron chi connectivity index (χ3n) is 3.10. The van der Waals surface area contributed by atoms with E-state index in [2.05, 4.69) is 26.0 Å². The molecule has 2 heteroatoms. The Morgan fingerprint density at radius 2 is 1.82 bits per heavy atom. The number of allylic oxidation sites excluding steroid dienone is 3. The molecule has 0 amide bonds. The van der Waals surface area contributed by atoms with Crippen LogP contribution in [0.25, 0.3) is 0 Å². The molecule has 0 aromatic heterocycles. The number of benzene rings is 1. The van der Waals surface area contributed by atoms with Gasteiger partial charge in [0.25, 0.3) is 0 Å². The average molecular weight is 230 g/mol. The molecule has 1 aliphatic carbocycles. The first-order valence-electron chi connectivity index (χ1n) is 5.91. The van der Waals surface area contributed by atoms with Gasteiger partial charge in [0.1, 0.15) is 17.3 Å². The molecular formula is C15H18O2. The number of hydrogen-bond donors (Lipinski definition) is 0. The quantitative estimate of drug-likeness (QED) is 0.786. The van der Waals surface area contributed by atoms with Gasteiger partial charge >= 0.3 is 0 Å². The highest BCUT2D eigenvalue weighted by Gasteiger charge is 2.13. The van der Waals surface area contributed by atoms with Crippen LogP contribution in [0.5, 0.6) is 11.5 Å². The second-order valence-electron chi connectivity index (χ2n) is 4.43. The Bertz CT molecular complexity index is 446. The SMILES string of the molecule is COc1cccc(OC2=C[C@@H](C)[C@@H](C)C=C2)c1. The lowest BCUT2D eigenvalue weighted by atomic mass is 9.91. The van der Waals surface area contributed by atoms with Crippen LogP contribution in [0.15, 0.2) is 48.3 Å². The third kappa shape index (κ3) is 2.90. The molecule has 2 atom stereocenters. The van der Waals surface area contributed by atoms with Gasteiger partial charge in [-0.25, -0.2) is 0 Å². The van der Waals surface area contributed by atoms with Crippen molar-refractivity contribution in [2.75, 3.05) is 7.11 Å². The molecule has 1 aromatic carbocycles. The Labute approximate surface area is 103 Å². The summed E-state index contributed by atoms with van der Waals surface area (Å²) in [5.74, 6) is 3.61. The van der Waals surface area contributed by atoms with Gasteiger partial charge in [0, 0.05) is 6.07 Å². The molecule has 0 fully saturated rings. The largest absolute Gasteiger partial charge is 0.497 e. The predicted molar refractivity (Wildman–Crippen MR) is 69.2 cm³/mol. The lowest BCUT2D eigenvalue weighted by Gasteiger charge is -2.19. The lowest BCUT2D eigenvalue weighted by Crippen LogP contribution is -2.09. The summed E-state index contributed by atoms with van der Waals surface area (Å²) in [5, 5.41) is 0. The van der Waals surface area contributed by atoms with Gasteiger partial charge in [0.2, 0.25) is 0 Å². The van der Waals surface area contributed by atoms with Crippen LogP contribution in [0.1, 0.15) is 13.8 Å². The fourth-order valence-electron chi connectivity index (χ4n) is 1.76. The molecule has 17 heavy (non-hydrogen) atoms. The standard InChI is InChI=1S/C15H18O2/c1-11-7-8-15(9-12(11)2)17-14-6-4-5-13(10-14)16-3/h4-12H,1-3H3/t11-,12+/m0/s1. The van der Waals surface area contributed by atoms with Gasteiger partial charge < -0.3 is 9.47 Å². The highest BCUT2D eigenvalue weighted by molar-refractivity contribution is 5.35. The van der Waals surface area contributed by atoms with E-state index in [0.717, 1.165) is 17.3 Å². The van der Waals surface area contributed by atoms with Crippen molar-refractivity contribution in [1.29, 1.82) is 0 Å². The second kappa shape index (κ2) is 5.09. The van der Waals surface area contributed by atoms with Gasteiger partial charge in [-0.15, -0.1) is 0 Å². The van der Waals surface area contributed by atoms with E-state index in [1.807, 2.05) is 30.3 Å². The van der Waals surface area contributed by atoms with E-state index in [0.29, 0.717) is 11.8 Å². The van der Waals surface area contributed by atoms with Crippen molar-refractivity contribution in [2.24, 2.45) is 11.8 Å². The first-order valence-corrected chi connectivity index (χ1v) is 5.91. The van der Waals surface area contributed by atoms with Crippen molar-refractivity contribution >= 4 is 0 Å². The van der Waals surface area contributed by atoms with Crippen LogP contribution in [0.2, 0.25) is 0 Å². The number of hydrogen-bond acceptors (Lipinski definition) is 2. The molecule has 0 saturated heterocycles. The van der Waals surface area contributed by atoms with E-state index in [9.17, 15) is 0 Å². The van der Waals surface area contributed by atoms with Crippen molar-refractivity contribution < 1.29 is 9.47 Å². The van der Waals surface area contributed by atoms with Crippen molar-refractivity contribution in [3.8, 4) is 11.5 Å². The van der Waals surface area contributed by atoms with E-state index in [4.69, 9.17) is 9.47 Å². The molecule has 0 bridgehead atoms. The highest BCUT2D eigenvalue weighted by atomic mass is 16.5. The van der Waals surface area contributed by atoms with Gasteiger partial charge in [-0.1, -0.05) is 26.0 Å². The molecule has 90 valence electrons. The van der Waals surface area contributed by atoms with E-state index in [1.165, 1.54) is 0 Å². The Balaban J connectivity index is 2.11. The minimum atomic E-state index is 0.514. The zero-order valence-corrected chi connectivity index (χ0v) is 10.5. The third-order valence-corrected chi connectivity index (χ3v) is 3.10. The number of methoxy groups -OCH3 is 1. The average Bonchev–Trinajstić information content (AvgIpc) is 2.34. The smallest absolute Gasteiger partial charge is 0.131 e. The molecule has 0 radical (unpaired) electrons. The Morgan fingerprint density at radius 3 is 2.53 bits per heavy atom. The van der Waals surface area contributed by atoms with E-state index < -0.39 is 0 Å². The van der Waals surface area contributed by atoms with E-state index in [-0.39, 0.29) is 0 Å². The molecule has 0 unspecified atom stereocenters. The van der Waals surface area contributed by atoms with Gasteiger partial charge in [-0.05, 0) is 36.1 Å². The van der Waals surface area contributed by atoms with Crippen LogP contribution < -0.4 is 9.47 Å². The summed E-state index contributed by atoms with van der Waals surface area (Å²) in [7, 11) is 1.66. The molecule has 1 aliphatic rings. The maximum Gasteiger partial charge on any atom is 0.131 e. The molecule has 2 nitrogen and oxygen atoms in total. The van der Waals surface area contributed by atoms with E-state index in [1.54, 1.807) is 7.11 Å². The van der Waals surface area contributed by atoms with Crippen LogP contribution in [-0.4, -0.2) is 7.11 Å². The van der Waals surface area contributed by atoms with Gasteiger partial charge in [-0.2, -0.15) is 0 Å².